The van der Waals surface area contributed by atoms with Crippen molar-refractivity contribution in [2.24, 2.45) is 11.1 Å². The number of piperidine rings is 1. The molecule has 1 aliphatic rings. The lowest BCUT2D eigenvalue weighted by Gasteiger charge is -2.28. The Morgan fingerprint density at radius 2 is 2.33 bits per heavy atom. The Hall–Kier alpha value is -0.870. The van der Waals surface area contributed by atoms with Crippen LogP contribution in [-0.2, 0) is 6.42 Å². The maximum Gasteiger partial charge on any atom is 0.106 e. The molecule has 1 atom stereocenters. The van der Waals surface area contributed by atoms with Gasteiger partial charge in [-0.05, 0) is 38.4 Å². The van der Waals surface area contributed by atoms with Crippen LogP contribution in [0.4, 0.5) is 0 Å². The van der Waals surface area contributed by atoms with Gasteiger partial charge in [-0.3, -0.25) is 0 Å². The van der Waals surface area contributed by atoms with Gasteiger partial charge in [-0.2, -0.15) is 0 Å². The van der Waals surface area contributed by atoms with Crippen molar-refractivity contribution in [3.05, 3.63) is 17.7 Å². The molecule has 0 aliphatic carbocycles. The average molecular weight is 250 g/mol. The van der Waals surface area contributed by atoms with Gasteiger partial charge in [0.15, 0.2) is 0 Å². The minimum atomic E-state index is 0.123. The molecule has 0 radical (unpaired) electrons. The molecule has 1 saturated heterocycles. The minimum Gasteiger partial charge on any atom is -0.346 e. The number of likely N-dealkylation sites (N-methyl/N-ethyl adjacent to an activating group) is 1. The summed E-state index contributed by atoms with van der Waals surface area (Å²) in [5.74, 6) is 1.69. The first-order chi connectivity index (χ1) is 8.50. The van der Waals surface area contributed by atoms with Gasteiger partial charge in [0.1, 0.15) is 5.82 Å². The molecule has 0 aromatic carbocycles. The molecule has 102 valence electrons. The number of H-pyrrole nitrogens is 1. The number of imidazole rings is 1. The number of aromatic amines is 1. The predicted octanol–water partition coefficient (Wildman–Crippen LogP) is 1.75. The Morgan fingerprint density at radius 3 is 3.00 bits per heavy atom. The molecule has 2 rings (SSSR count). The van der Waals surface area contributed by atoms with Gasteiger partial charge in [-0.15, -0.1) is 0 Å². The predicted molar refractivity (Wildman–Crippen MR) is 74.6 cm³/mol. The molecule has 1 aliphatic heterocycles. The first-order valence-corrected chi connectivity index (χ1v) is 6.92. The second-order valence-electron chi connectivity index (χ2n) is 6.43. The molecular formula is C14H26N4. The number of hydrogen-bond acceptors (Lipinski definition) is 3. The Bertz CT molecular complexity index is 383. The fourth-order valence-electron chi connectivity index (χ4n) is 2.62. The van der Waals surface area contributed by atoms with E-state index in [0.29, 0.717) is 12.5 Å². The number of nitrogens with two attached hydrogens (primary N) is 1. The summed E-state index contributed by atoms with van der Waals surface area (Å²) in [5, 5.41) is 0. The van der Waals surface area contributed by atoms with Crippen LogP contribution >= 0.6 is 0 Å². The first kappa shape index (κ1) is 13.6. The van der Waals surface area contributed by atoms with Gasteiger partial charge in [0.05, 0.1) is 0 Å². The van der Waals surface area contributed by atoms with Crippen molar-refractivity contribution in [3.63, 3.8) is 0 Å². The fourth-order valence-corrected chi connectivity index (χ4v) is 2.62. The summed E-state index contributed by atoms with van der Waals surface area (Å²) in [6.45, 7) is 7.42. The Balaban J connectivity index is 2.01. The zero-order valence-corrected chi connectivity index (χ0v) is 11.9. The number of nitrogens with one attached hydrogen (secondary N) is 1. The molecule has 0 saturated carbocycles. The van der Waals surface area contributed by atoms with Crippen molar-refractivity contribution in [2.75, 3.05) is 26.7 Å². The van der Waals surface area contributed by atoms with Crippen LogP contribution in [0.15, 0.2) is 6.20 Å². The SMILES string of the molecule is CN1CCCC(c2cnc(CC(C)(C)CN)[nH]2)C1. The van der Waals surface area contributed by atoms with Gasteiger partial charge in [-0.25, -0.2) is 4.98 Å². The number of aromatic nitrogens is 2. The van der Waals surface area contributed by atoms with E-state index in [0.717, 1.165) is 18.8 Å². The van der Waals surface area contributed by atoms with Crippen molar-refractivity contribution < 1.29 is 0 Å². The van der Waals surface area contributed by atoms with E-state index in [2.05, 4.69) is 35.8 Å². The van der Waals surface area contributed by atoms with Crippen LogP contribution in [0.1, 0.15) is 44.1 Å². The van der Waals surface area contributed by atoms with E-state index in [1.807, 2.05) is 6.20 Å². The molecule has 4 nitrogen and oxygen atoms in total. The maximum absolute atomic E-state index is 5.77. The molecule has 1 fully saturated rings. The lowest BCUT2D eigenvalue weighted by atomic mass is 9.89. The lowest BCUT2D eigenvalue weighted by molar-refractivity contribution is 0.248. The summed E-state index contributed by atoms with van der Waals surface area (Å²) in [4.78, 5) is 10.4. The normalized spacial score (nSPS) is 22.3. The van der Waals surface area contributed by atoms with Crippen molar-refractivity contribution in [1.82, 2.24) is 14.9 Å². The summed E-state index contributed by atoms with van der Waals surface area (Å²) >= 11 is 0. The van der Waals surface area contributed by atoms with Crippen LogP contribution in [0.3, 0.4) is 0 Å². The van der Waals surface area contributed by atoms with E-state index < -0.39 is 0 Å². The number of nitrogens with zero attached hydrogens (tertiary/aromatic N) is 2. The summed E-state index contributed by atoms with van der Waals surface area (Å²) in [6.07, 6.45) is 5.49. The highest BCUT2D eigenvalue weighted by Crippen LogP contribution is 2.26. The van der Waals surface area contributed by atoms with E-state index in [9.17, 15) is 0 Å². The van der Waals surface area contributed by atoms with Gasteiger partial charge in [0.2, 0.25) is 0 Å². The zero-order valence-electron chi connectivity index (χ0n) is 11.9. The Morgan fingerprint density at radius 1 is 1.56 bits per heavy atom. The lowest BCUT2D eigenvalue weighted by Crippen LogP contribution is -2.31. The molecule has 1 unspecified atom stereocenters. The number of likely N-dealkylation sites (tertiary alicyclic amines) is 1. The Kier molecular flexibility index (Phi) is 4.07. The van der Waals surface area contributed by atoms with E-state index in [1.54, 1.807) is 0 Å². The highest BCUT2D eigenvalue weighted by Gasteiger charge is 2.22. The summed E-state index contributed by atoms with van der Waals surface area (Å²) in [6, 6.07) is 0. The van der Waals surface area contributed by atoms with Gasteiger partial charge in [0, 0.05) is 30.8 Å². The molecule has 0 spiro atoms. The zero-order chi connectivity index (χ0) is 13.2. The topological polar surface area (TPSA) is 57.9 Å². The highest BCUT2D eigenvalue weighted by atomic mass is 15.1. The molecule has 0 amide bonds. The molecule has 0 bridgehead atoms. The number of hydrogen-bond donors (Lipinski definition) is 2. The van der Waals surface area contributed by atoms with Crippen LogP contribution in [0.5, 0.6) is 0 Å². The molecule has 2 heterocycles. The van der Waals surface area contributed by atoms with Crippen molar-refractivity contribution in [1.29, 1.82) is 0 Å². The maximum atomic E-state index is 5.77. The van der Waals surface area contributed by atoms with Crippen molar-refractivity contribution >= 4 is 0 Å². The standard InChI is InChI=1S/C14H26N4/c1-14(2,10-15)7-13-16-8-12(17-13)11-5-4-6-18(3)9-11/h8,11H,4-7,9-10,15H2,1-3H3,(H,16,17). The summed E-state index contributed by atoms with van der Waals surface area (Å²) in [5.41, 5.74) is 7.19. The van der Waals surface area contributed by atoms with Gasteiger partial charge < -0.3 is 15.6 Å². The third-order valence-electron chi connectivity index (χ3n) is 3.91. The second-order valence-corrected chi connectivity index (χ2v) is 6.43. The van der Waals surface area contributed by atoms with Crippen LogP contribution in [-0.4, -0.2) is 41.5 Å². The first-order valence-electron chi connectivity index (χ1n) is 6.92. The van der Waals surface area contributed by atoms with E-state index in [1.165, 1.54) is 25.1 Å². The van der Waals surface area contributed by atoms with Gasteiger partial charge in [-0.1, -0.05) is 13.8 Å². The smallest absolute Gasteiger partial charge is 0.106 e. The fraction of sp³-hybridized carbons (Fsp3) is 0.786. The quantitative estimate of drug-likeness (QED) is 0.856. The molecular weight excluding hydrogens is 224 g/mol. The van der Waals surface area contributed by atoms with E-state index >= 15 is 0 Å². The third-order valence-corrected chi connectivity index (χ3v) is 3.91. The van der Waals surface area contributed by atoms with Crippen LogP contribution in [0, 0.1) is 5.41 Å². The summed E-state index contributed by atoms with van der Waals surface area (Å²) < 4.78 is 0. The van der Waals surface area contributed by atoms with Crippen molar-refractivity contribution in [2.45, 2.75) is 39.0 Å². The third kappa shape index (κ3) is 3.33. The summed E-state index contributed by atoms with van der Waals surface area (Å²) in [7, 11) is 2.20. The van der Waals surface area contributed by atoms with Gasteiger partial charge in [0.25, 0.3) is 0 Å². The minimum absolute atomic E-state index is 0.123. The van der Waals surface area contributed by atoms with Crippen LogP contribution < -0.4 is 5.73 Å². The van der Waals surface area contributed by atoms with E-state index in [-0.39, 0.29) is 5.41 Å². The van der Waals surface area contributed by atoms with Crippen LogP contribution in [0.2, 0.25) is 0 Å². The highest BCUT2D eigenvalue weighted by molar-refractivity contribution is 5.10. The molecule has 3 N–H and O–H groups in total. The largest absolute Gasteiger partial charge is 0.346 e. The number of rotatable bonds is 4. The van der Waals surface area contributed by atoms with E-state index in [4.69, 9.17) is 5.73 Å². The molecule has 4 heteroatoms. The second kappa shape index (κ2) is 5.41. The monoisotopic (exact) mass is 250 g/mol. The molecule has 1 aromatic heterocycles. The van der Waals surface area contributed by atoms with Crippen LogP contribution in [0.25, 0.3) is 0 Å². The molecule has 1 aromatic rings. The average Bonchev–Trinajstić information content (AvgIpc) is 2.77. The van der Waals surface area contributed by atoms with Crippen molar-refractivity contribution in [3.8, 4) is 0 Å². The molecule has 18 heavy (non-hydrogen) atoms. The Labute approximate surface area is 110 Å². The van der Waals surface area contributed by atoms with Gasteiger partial charge >= 0.3 is 0 Å².